The van der Waals surface area contributed by atoms with Crippen LogP contribution in [-0.2, 0) is 19.0 Å². The molecular formula is C15H12F4N2O2. The van der Waals surface area contributed by atoms with E-state index >= 15 is 0 Å². The van der Waals surface area contributed by atoms with Crippen molar-refractivity contribution in [2.24, 2.45) is 0 Å². The summed E-state index contributed by atoms with van der Waals surface area (Å²) in [4.78, 5) is 18.9. The lowest BCUT2D eigenvalue weighted by molar-refractivity contribution is -0.138. The van der Waals surface area contributed by atoms with Crippen LogP contribution in [-0.4, -0.2) is 27.5 Å². The lowest BCUT2D eigenvalue weighted by Gasteiger charge is -2.12. The molecule has 0 spiro atoms. The number of carbonyl (C=O) groups excluding carboxylic acids is 1. The fourth-order valence-electron chi connectivity index (χ4n) is 2.00. The van der Waals surface area contributed by atoms with Gasteiger partial charge in [0.1, 0.15) is 18.2 Å². The summed E-state index contributed by atoms with van der Waals surface area (Å²) in [5, 5.41) is 8.70. The van der Waals surface area contributed by atoms with E-state index < -0.39 is 29.9 Å². The van der Waals surface area contributed by atoms with Crippen molar-refractivity contribution >= 4 is 5.78 Å². The predicted molar refractivity (Wildman–Crippen MR) is 72.3 cm³/mol. The van der Waals surface area contributed by atoms with E-state index in [2.05, 4.69) is 9.97 Å². The maximum absolute atomic E-state index is 13.0. The van der Waals surface area contributed by atoms with Crippen molar-refractivity contribution in [3.8, 4) is 0 Å². The molecule has 0 amide bonds. The SMILES string of the molecule is O=C(CO)c1cnc(CCc2ccc(F)cc2C(F)(F)F)nc1. The van der Waals surface area contributed by atoms with Crippen molar-refractivity contribution in [2.75, 3.05) is 6.61 Å². The van der Waals surface area contributed by atoms with Crippen LogP contribution in [0.4, 0.5) is 17.6 Å². The summed E-state index contributed by atoms with van der Waals surface area (Å²) in [6.45, 7) is -0.673. The first-order valence-corrected chi connectivity index (χ1v) is 6.62. The van der Waals surface area contributed by atoms with Gasteiger partial charge in [-0.2, -0.15) is 13.2 Å². The number of aliphatic hydroxyl groups is 1. The summed E-state index contributed by atoms with van der Waals surface area (Å²) in [7, 11) is 0. The van der Waals surface area contributed by atoms with Gasteiger partial charge in [0.2, 0.25) is 0 Å². The number of aryl methyl sites for hydroxylation is 2. The number of rotatable bonds is 5. The average Bonchev–Trinajstić information content (AvgIpc) is 2.52. The molecular weight excluding hydrogens is 316 g/mol. The van der Waals surface area contributed by atoms with Gasteiger partial charge in [0.05, 0.1) is 11.1 Å². The Balaban J connectivity index is 2.14. The van der Waals surface area contributed by atoms with Crippen LogP contribution in [0.15, 0.2) is 30.6 Å². The highest BCUT2D eigenvalue weighted by molar-refractivity contribution is 5.96. The normalized spacial score (nSPS) is 11.5. The zero-order valence-electron chi connectivity index (χ0n) is 11.8. The molecule has 1 aromatic heterocycles. The second kappa shape index (κ2) is 6.82. The van der Waals surface area contributed by atoms with Crippen LogP contribution < -0.4 is 0 Å². The average molecular weight is 328 g/mol. The Morgan fingerprint density at radius 1 is 1.13 bits per heavy atom. The second-order valence-corrected chi connectivity index (χ2v) is 4.77. The van der Waals surface area contributed by atoms with Crippen LogP contribution in [0.5, 0.6) is 0 Å². The molecule has 122 valence electrons. The van der Waals surface area contributed by atoms with E-state index in [1.807, 2.05) is 0 Å². The number of alkyl halides is 3. The number of benzene rings is 1. The summed E-state index contributed by atoms with van der Waals surface area (Å²) in [6, 6.07) is 2.51. The zero-order valence-corrected chi connectivity index (χ0v) is 11.8. The van der Waals surface area contributed by atoms with Crippen LogP contribution in [0, 0.1) is 5.82 Å². The Labute approximate surface area is 128 Å². The molecule has 1 aromatic carbocycles. The molecule has 2 aromatic rings. The Bertz CT molecular complexity index is 700. The number of ketones is 1. The molecule has 0 bridgehead atoms. The van der Waals surface area contributed by atoms with Gasteiger partial charge in [-0.1, -0.05) is 6.07 Å². The van der Waals surface area contributed by atoms with Gasteiger partial charge < -0.3 is 5.11 Å². The number of halogens is 4. The maximum atomic E-state index is 13.0. The van der Waals surface area contributed by atoms with Crippen LogP contribution in [0.2, 0.25) is 0 Å². The van der Waals surface area contributed by atoms with Crippen LogP contribution in [0.25, 0.3) is 0 Å². The maximum Gasteiger partial charge on any atom is 0.416 e. The quantitative estimate of drug-likeness (QED) is 0.677. The van der Waals surface area contributed by atoms with Crippen LogP contribution in [0.3, 0.4) is 0 Å². The Hall–Kier alpha value is -2.35. The summed E-state index contributed by atoms with van der Waals surface area (Å²) in [5.41, 5.74) is -0.961. The van der Waals surface area contributed by atoms with Crippen molar-refractivity contribution < 1.29 is 27.5 Å². The van der Waals surface area contributed by atoms with Gasteiger partial charge in [-0.3, -0.25) is 4.79 Å². The van der Waals surface area contributed by atoms with Gasteiger partial charge in [-0.25, -0.2) is 14.4 Å². The van der Waals surface area contributed by atoms with E-state index in [1.165, 1.54) is 12.4 Å². The number of aromatic nitrogens is 2. The summed E-state index contributed by atoms with van der Waals surface area (Å²) in [5.74, 6) is -1.25. The first-order valence-electron chi connectivity index (χ1n) is 6.62. The number of carbonyl (C=O) groups is 1. The van der Waals surface area contributed by atoms with E-state index in [0.717, 1.165) is 12.1 Å². The third-order valence-electron chi connectivity index (χ3n) is 3.17. The van der Waals surface area contributed by atoms with E-state index in [0.29, 0.717) is 6.07 Å². The van der Waals surface area contributed by atoms with Crippen molar-refractivity contribution in [3.63, 3.8) is 0 Å². The fraction of sp³-hybridized carbons (Fsp3) is 0.267. The summed E-state index contributed by atoms with van der Waals surface area (Å²) >= 11 is 0. The first-order chi connectivity index (χ1) is 10.8. The highest BCUT2D eigenvalue weighted by Crippen LogP contribution is 2.33. The molecule has 0 radical (unpaired) electrons. The molecule has 0 atom stereocenters. The molecule has 1 heterocycles. The minimum absolute atomic E-state index is 0.0254. The molecule has 0 aliphatic carbocycles. The van der Waals surface area contributed by atoms with Crippen LogP contribution >= 0.6 is 0 Å². The van der Waals surface area contributed by atoms with Crippen molar-refractivity contribution in [1.82, 2.24) is 9.97 Å². The highest BCUT2D eigenvalue weighted by atomic mass is 19.4. The fourth-order valence-corrected chi connectivity index (χ4v) is 2.00. The molecule has 23 heavy (non-hydrogen) atoms. The topological polar surface area (TPSA) is 63.1 Å². The zero-order chi connectivity index (χ0) is 17.0. The molecule has 0 fully saturated rings. The van der Waals surface area contributed by atoms with Crippen molar-refractivity contribution in [3.05, 3.63) is 58.9 Å². The smallest absolute Gasteiger partial charge is 0.388 e. The van der Waals surface area contributed by atoms with Crippen molar-refractivity contribution in [1.29, 1.82) is 0 Å². The third-order valence-corrected chi connectivity index (χ3v) is 3.17. The molecule has 0 aliphatic rings. The molecule has 0 aliphatic heterocycles. The van der Waals surface area contributed by atoms with Gasteiger partial charge in [0.15, 0.2) is 5.78 Å². The van der Waals surface area contributed by atoms with E-state index in [4.69, 9.17) is 5.11 Å². The first kappa shape index (κ1) is 17.0. The number of hydrogen-bond acceptors (Lipinski definition) is 4. The minimum Gasteiger partial charge on any atom is -0.388 e. The van der Waals surface area contributed by atoms with E-state index in [1.54, 1.807) is 0 Å². The Kier molecular flexibility index (Phi) is 5.05. The molecule has 0 unspecified atom stereocenters. The lowest BCUT2D eigenvalue weighted by atomic mass is 10.0. The summed E-state index contributed by atoms with van der Waals surface area (Å²) < 4.78 is 51.6. The van der Waals surface area contributed by atoms with Gasteiger partial charge in [0.25, 0.3) is 0 Å². The van der Waals surface area contributed by atoms with Crippen molar-refractivity contribution in [2.45, 2.75) is 19.0 Å². The molecule has 8 heteroatoms. The monoisotopic (exact) mass is 328 g/mol. The molecule has 4 nitrogen and oxygen atoms in total. The largest absolute Gasteiger partial charge is 0.416 e. The number of Topliss-reactive ketones (excluding diaryl/α,β-unsaturated/α-hetero) is 1. The van der Waals surface area contributed by atoms with Gasteiger partial charge >= 0.3 is 6.18 Å². The number of aliphatic hydroxyl groups excluding tert-OH is 1. The molecule has 1 N–H and O–H groups in total. The van der Waals surface area contributed by atoms with E-state index in [-0.39, 0.29) is 29.8 Å². The predicted octanol–water partition coefficient (Wildman–Crippen LogP) is 2.59. The third kappa shape index (κ3) is 4.32. The van der Waals surface area contributed by atoms with Gasteiger partial charge in [-0.05, 0) is 24.1 Å². The lowest BCUT2D eigenvalue weighted by Crippen LogP contribution is -2.11. The number of hydrogen-bond donors (Lipinski definition) is 1. The molecule has 0 saturated heterocycles. The Morgan fingerprint density at radius 2 is 1.78 bits per heavy atom. The highest BCUT2D eigenvalue weighted by Gasteiger charge is 2.33. The molecule has 0 saturated carbocycles. The van der Waals surface area contributed by atoms with E-state index in [9.17, 15) is 22.4 Å². The molecule has 2 rings (SSSR count). The van der Waals surface area contributed by atoms with Gasteiger partial charge in [-0.15, -0.1) is 0 Å². The summed E-state index contributed by atoms with van der Waals surface area (Å²) in [6.07, 6.45) is -2.16. The Morgan fingerprint density at radius 3 is 2.35 bits per heavy atom. The van der Waals surface area contributed by atoms with Gasteiger partial charge in [0, 0.05) is 18.8 Å². The minimum atomic E-state index is -4.64. The second-order valence-electron chi connectivity index (χ2n) is 4.77. The number of nitrogens with zero attached hydrogens (tertiary/aromatic N) is 2. The van der Waals surface area contributed by atoms with Crippen LogP contribution in [0.1, 0.15) is 27.3 Å². The standard InChI is InChI=1S/C15H12F4N2O2/c16-11-3-1-9(12(5-11)15(17,18)19)2-4-14-20-6-10(7-21-14)13(23)8-22/h1,3,5-7,22H,2,4,8H2.